The van der Waals surface area contributed by atoms with E-state index in [1.165, 1.54) is 11.1 Å². The van der Waals surface area contributed by atoms with Crippen molar-refractivity contribution in [2.24, 2.45) is 0 Å². The highest BCUT2D eigenvalue weighted by molar-refractivity contribution is 7.09. The average Bonchev–Trinajstić information content (AvgIpc) is 2.71. The van der Waals surface area contributed by atoms with Crippen molar-refractivity contribution in [3.63, 3.8) is 0 Å². The minimum absolute atomic E-state index is 0.167. The molecule has 16 heavy (non-hydrogen) atoms. The third-order valence-electron chi connectivity index (χ3n) is 2.68. The Labute approximate surface area is 99.6 Å². The maximum atomic E-state index is 8.85. The topological polar surface area (TPSA) is 33.1 Å². The molecule has 0 unspecified atom stereocenters. The van der Waals surface area contributed by atoms with Gasteiger partial charge in [-0.3, -0.25) is 0 Å². The molecular formula is C13H15NOS. The van der Waals surface area contributed by atoms with Crippen LogP contribution in [0.15, 0.2) is 23.6 Å². The first-order valence-corrected chi connectivity index (χ1v) is 6.21. The maximum absolute atomic E-state index is 8.85. The van der Waals surface area contributed by atoms with Crippen LogP contribution in [0, 0.1) is 13.8 Å². The quantitative estimate of drug-likeness (QED) is 0.884. The molecule has 1 heterocycles. The summed E-state index contributed by atoms with van der Waals surface area (Å²) in [5, 5.41) is 11.9. The molecule has 0 saturated heterocycles. The predicted octanol–water partition coefficient (Wildman–Crippen LogP) is 2.96. The van der Waals surface area contributed by atoms with Gasteiger partial charge >= 0.3 is 0 Å². The Bertz CT molecular complexity index is 490. The lowest BCUT2D eigenvalue weighted by molar-refractivity contribution is 0.299. The van der Waals surface area contributed by atoms with Crippen molar-refractivity contribution in [3.05, 3.63) is 39.7 Å². The second-order valence-electron chi connectivity index (χ2n) is 3.90. The van der Waals surface area contributed by atoms with Crippen LogP contribution in [0.4, 0.5) is 0 Å². The number of aliphatic hydroxyl groups excluding tert-OH is 1. The summed E-state index contributed by atoms with van der Waals surface area (Å²) >= 11 is 1.61. The van der Waals surface area contributed by atoms with Gasteiger partial charge in [0, 0.05) is 24.0 Å². The van der Waals surface area contributed by atoms with E-state index in [9.17, 15) is 0 Å². The molecular weight excluding hydrogens is 218 g/mol. The summed E-state index contributed by atoms with van der Waals surface area (Å²) in [6.45, 7) is 4.39. The number of hydrogen-bond donors (Lipinski definition) is 1. The Morgan fingerprint density at radius 1 is 1.25 bits per heavy atom. The predicted molar refractivity (Wildman–Crippen MR) is 67.8 cm³/mol. The molecule has 0 fully saturated rings. The van der Waals surface area contributed by atoms with Crippen LogP contribution in [0.2, 0.25) is 0 Å². The fraction of sp³-hybridized carbons (Fsp3) is 0.308. The van der Waals surface area contributed by atoms with Gasteiger partial charge in [0.25, 0.3) is 0 Å². The van der Waals surface area contributed by atoms with E-state index in [-0.39, 0.29) is 6.61 Å². The summed E-state index contributed by atoms with van der Waals surface area (Å²) in [6, 6.07) is 6.38. The van der Waals surface area contributed by atoms with Crippen LogP contribution in [-0.4, -0.2) is 16.7 Å². The summed E-state index contributed by atoms with van der Waals surface area (Å²) in [4.78, 5) is 4.50. The summed E-state index contributed by atoms with van der Waals surface area (Å²) in [7, 11) is 0. The molecule has 2 nitrogen and oxygen atoms in total. The van der Waals surface area contributed by atoms with E-state index < -0.39 is 0 Å². The Hall–Kier alpha value is -1.19. The van der Waals surface area contributed by atoms with Gasteiger partial charge in [0.05, 0.1) is 10.7 Å². The number of benzene rings is 1. The van der Waals surface area contributed by atoms with Crippen molar-refractivity contribution in [3.8, 4) is 11.3 Å². The Morgan fingerprint density at radius 2 is 2.06 bits per heavy atom. The van der Waals surface area contributed by atoms with Crippen LogP contribution in [0.5, 0.6) is 0 Å². The standard InChI is InChI=1S/C13H15NOS/c1-9-3-4-11(7-10(9)2)12-8-16-13(14-12)5-6-15/h3-4,7-8,15H,5-6H2,1-2H3. The van der Waals surface area contributed by atoms with Crippen molar-refractivity contribution in [2.45, 2.75) is 20.3 Å². The van der Waals surface area contributed by atoms with Gasteiger partial charge < -0.3 is 5.11 Å². The molecule has 0 spiro atoms. The number of aryl methyl sites for hydroxylation is 2. The number of aromatic nitrogens is 1. The molecule has 0 aliphatic heterocycles. The molecule has 3 heteroatoms. The molecule has 1 aromatic heterocycles. The largest absolute Gasteiger partial charge is 0.396 e. The molecule has 2 rings (SSSR count). The lowest BCUT2D eigenvalue weighted by atomic mass is 10.1. The molecule has 2 aromatic rings. The molecule has 0 aliphatic carbocycles. The van der Waals surface area contributed by atoms with E-state index in [0.717, 1.165) is 16.3 Å². The smallest absolute Gasteiger partial charge is 0.0955 e. The molecule has 84 valence electrons. The van der Waals surface area contributed by atoms with E-state index in [4.69, 9.17) is 5.11 Å². The fourth-order valence-corrected chi connectivity index (χ4v) is 2.35. The average molecular weight is 233 g/mol. The van der Waals surface area contributed by atoms with Crippen LogP contribution in [0.25, 0.3) is 11.3 Å². The van der Waals surface area contributed by atoms with E-state index in [1.54, 1.807) is 11.3 Å². The monoisotopic (exact) mass is 233 g/mol. The van der Waals surface area contributed by atoms with Gasteiger partial charge in [-0.05, 0) is 31.0 Å². The third kappa shape index (κ3) is 2.31. The minimum atomic E-state index is 0.167. The maximum Gasteiger partial charge on any atom is 0.0955 e. The SMILES string of the molecule is Cc1ccc(-c2csc(CCO)n2)cc1C. The Kier molecular flexibility index (Phi) is 3.36. The molecule has 1 aromatic carbocycles. The Morgan fingerprint density at radius 3 is 2.75 bits per heavy atom. The number of rotatable bonds is 3. The van der Waals surface area contributed by atoms with Crippen LogP contribution in [0.1, 0.15) is 16.1 Å². The van der Waals surface area contributed by atoms with Gasteiger partial charge in [-0.1, -0.05) is 12.1 Å². The normalized spacial score (nSPS) is 10.7. The van der Waals surface area contributed by atoms with Crippen molar-refractivity contribution in [1.29, 1.82) is 0 Å². The first-order chi connectivity index (χ1) is 7.70. The molecule has 0 amide bonds. The van der Waals surface area contributed by atoms with Crippen molar-refractivity contribution in [2.75, 3.05) is 6.61 Å². The highest BCUT2D eigenvalue weighted by Gasteiger charge is 2.05. The minimum Gasteiger partial charge on any atom is -0.396 e. The highest BCUT2D eigenvalue weighted by atomic mass is 32.1. The number of aliphatic hydroxyl groups is 1. The van der Waals surface area contributed by atoms with E-state index in [1.807, 2.05) is 0 Å². The number of nitrogens with zero attached hydrogens (tertiary/aromatic N) is 1. The van der Waals surface area contributed by atoms with Gasteiger partial charge in [0.1, 0.15) is 0 Å². The van der Waals surface area contributed by atoms with Crippen LogP contribution >= 0.6 is 11.3 Å². The zero-order chi connectivity index (χ0) is 11.5. The van der Waals surface area contributed by atoms with Crippen LogP contribution < -0.4 is 0 Å². The molecule has 0 bridgehead atoms. The van der Waals surface area contributed by atoms with Crippen molar-refractivity contribution in [1.82, 2.24) is 4.98 Å². The van der Waals surface area contributed by atoms with Gasteiger partial charge in [-0.2, -0.15) is 0 Å². The lowest BCUT2D eigenvalue weighted by Crippen LogP contribution is -1.89. The number of thiazole rings is 1. The fourth-order valence-electron chi connectivity index (χ4n) is 1.55. The summed E-state index contributed by atoms with van der Waals surface area (Å²) < 4.78 is 0. The Balaban J connectivity index is 2.31. The second kappa shape index (κ2) is 4.76. The zero-order valence-corrected chi connectivity index (χ0v) is 10.3. The van der Waals surface area contributed by atoms with Crippen LogP contribution in [-0.2, 0) is 6.42 Å². The molecule has 0 aliphatic rings. The van der Waals surface area contributed by atoms with E-state index in [2.05, 4.69) is 42.4 Å². The summed E-state index contributed by atoms with van der Waals surface area (Å²) in [5.74, 6) is 0. The van der Waals surface area contributed by atoms with E-state index in [0.29, 0.717) is 6.42 Å². The van der Waals surface area contributed by atoms with Gasteiger partial charge in [-0.15, -0.1) is 11.3 Å². The first-order valence-electron chi connectivity index (χ1n) is 5.33. The molecule has 0 saturated carbocycles. The first kappa shape index (κ1) is 11.3. The van der Waals surface area contributed by atoms with Gasteiger partial charge in [0.15, 0.2) is 0 Å². The van der Waals surface area contributed by atoms with Crippen LogP contribution in [0.3, 0.4) is 0 Å². The summed E-state index contributed by atoms with van der Waals surface area (Å²) in [5.41, 5.74) is 4.75. The third-order valence-corrected chi connectivity index (χ3v) is 3.59. The van der Waals surface area contributed by atoms with Crippen molar-refractivity contribution >= 4 is 11.3 Å². The van der Waals surface area contributed by atoms with E-state index >= 15 is 0 Å². The van der Waals surface area contributed by atoms with Crippen molar-refractivity contribution < 1.29 is 5.11 Å². The zero-order valence-electron chi connectivity index (χ0n) is 9.53. The lowest BCUT2D eigenvalue weighted by Gasteiger charge is -2.02. The molecule has 0 radical (unpaired) electrons. The second-order valence-corrected chi connectivity index (χ2v) is 4.84. The van der Waals surface area contributed by atoms with Gasteiger partial charge in [-0.25, -0.2) is 4.98 Å². The number of hydrogen-bond acceptors (Lipinski definition) is 3. The summed E-state index contributed by atoms with van der Waals surface area (Å²) in [6.07, 6.45) is 0.648. The molecule has 1 N–H and O–H groups in total. The highest BCUT2D eigenvalue weighted by Crippen LogP contribution is 2.24. The molecule has 0 atom stereocenters. The van der Waals surface area contributed by atoms with Gasteiger partial charge in [0.2, 0.25) is 0 Å².